The third-order valence-electron chi connectivity index (χ3n) is 2.87. The first-order valence-corrected chi connectivity index (χ1v) is 7.15. The molecular formula is C15H13Cl3O2. The van der Waals surface area contributed by atoms with Crippen LogP contribution in [-0.4, -0.2) is 5.11 Å². The molecule has 0 heterocycles. The topological polar surface area (TPSA) is 29.5 Å². The monoisotopic (exact) mass is 330 g/mol. The number of benzene rings is 2. The number of hydrogen-bond donors (Lipinski definition) is 1. The van der Waals surface area contributed by atoms with E-state index in [0.29, 0.717) is 26.4 Å². The first-order chi connectivity index (χ1) is 9.49. The fraction of sp³-hybridized carbons (Fsp3) is 0.200. The van der Waals surface area contributed by atoms with Gasteiger partial charge in [-0.05, 0) is 36.8 Å². The van der Waals surface area contributed by atoms with E-state index in [4.69, 9.17) is 39.5 Å². The molecule has 106 valence electrons. The first kappa shape index (κ1) is 15.5. The van der Waals surface area contributed by atoms with Crippen LogP contribution in [0.3, 0.4) is 0 Å². The highest BCUT2D eigenvalue weighted by atomic mass is 35.5. The third kappa shape index (κ3) is 3.58. The van der Waals surface area contributed by atoms with Gasteiger partial charge in [0.15, 0.2) is 0 Å². The summed E-state index contributed by atoms with van der Waals surface area (Å²) in [5, 5.41) is 11.0. The number of hydrogen-bond acceptors (Lipinski definition) is 2. The number of aliphatic hydroxyl groups is 1. The van der Waals surface area contributed by atoms with Gasteiger partial charge in [-0.3, -0.25) is 0 Å². The van der Waals surface area contributed by atoms with E-state index < -0.39 is 6.10 Å². The molecule has 1 N–H and O–H groups in total. The van der Waals surface area contributed by atoms with Gasteiger partial charge in [0.2, 0.25) is 0 Å². The van der Waals surface area contributed by atoms with Gasteiger partial charge in [0, 0.05) is 15.6 Å². The molecule has 0 spiro atoms. The van der Waals surface area contributed by atoms with Crippen LogP contribution in [0, 0.1) is 0 Å². The zero-order chi connectivity index (χ0) is 14.7. The largest absolute Gasteiger partial charge is 0.487 e. The van der Waals surface area contributed by atoms with Crippen molar-refractivity contribution in [3.8, 4) is 5.75 Å². The molecule has 0 fully saturated rings. The molecule has 0 aliphatic heterocycles. The number of rotatable bonds is 4. The summed E-state index contributed by atoms with van der Waals surface area (Å²) in [6.45, 7) is 1.90. The summed E-state index contributed by atoms with van der Waals surface area (Å²) in [6, 6.07) is 10.4. The van der Waals surface area contributed by atoms with E-state index >= 15 is 0 Å². The second-order valence-corrected chi connectivity index (χ2v) is 5.58. The highest BCUT2D eigenvalue weighted by Gasteiger charge is 2.10. The summed E-state index contributed by atoms with van der Waals surface area (Å²) in [5.74, 6) is 0.520. The number of ether oxygens (including phenoxy) is 1. The quantitative estimate of drug-likeness (QED) is 0.826. The summed E-state index contributed by atoms with van der Waals surface area (Å²) in [5.41, 5.74) is 1.45. The van der Waals surface area contributed by atoms with E-state index in [1.165, 1.54) is 0 Å². The Morgan fingerprint density at radius 2 is 1.70 bits per heavy atom. The van der Waals surface area contributed by atoms with Crippen LogP contribution in [0.1, 0.15) is 24.2 Å². The molecule has 2 nitrogen and oxygen atoms in total. The standard InChI is InChI=1S/C15H13Cl3O2/c1-9(19)10-5-6-15(14(18)7-10)20-8-11-12(16)3-2-4-13(11)17/h2-7,9,19H,8H2,1H3. The van der Waals surface area contributed by atoms with Crippen LogP contribution in [-0.2, 0) is 6.61 Å². The third-order valence-corrected chi connectivity index (χ3v) is 3.88. The normalized spacial score (nSPS) is 12.2. The Balaban J connectivity index is 2.15. The maximum Gasteiger partial charge on any atom is 0.138 e. The van der Waals surface area contributed by atoms with Crippen LogP contribution in [0.25, 0.3) is 0 Å². The highest BCUT2D eigenvalue weighted by Crippen LogP contribution is 2.30. The zero-order valence-electron chi connectivity index (χ0n) is 10.7. The van der Waals surface area contributed by atoms with Crippen molar-refractivity contribution in [2.45, 2.75) is 19.6 Å². The van der Waals surface area contributed by atoms with Crippen molar-refractivity contribution in [2.24, 2.45) is 0 Å². The minimum Gasteiger partial charge on any atom is -0.487 e. The van der Waals surface area contributed by atoms with Gasteiger partial charge in [0.05, 0.1) is 11.1 Å². The molecule has 20 heavy (non-hydrogen) atoms. The molecule has 0 radical (unpaired) electrons. The van der Waals surface area contributed by atoms with Gasteiger partial charge in [-0.15, -0.1) is 0 Å². The van der Waals surface area contributed by atoms with Crippen LogP contribution in [0.2, 0.25) is 15.1 Å². The van der Waals surface area contributed by atoms with Gasteiger partial charge in [0.1, 0.15) is 12.4 Å². The van der Waals surface area contributed by atoms with E-state index in [0.717, 1.165) is 5.56 Å². The summed E-state index contributed by atoms with van der Waals surface area (Å²) in [7, 11) is 0. The zero-order valence-corrected chi connectivity index (χ0v) is 13.0. The van der Waals surface area contributed by atoms with Crippen molar-refractivity contribution in [3.05, 3.63) is 62.6 Å². The van der Waals surface area contributed by atoms with Gasteiger partial charge in [-0.25, -0.2) is 0 Å². The minimum atomic E-state index is -0.570. The van der Waals surface area contributed by atoms with Gasteiger partial charge in [-0.1, -0.05) is 46.9 Å². The van der Waals surface area contributed by atoms with Crippen molar-refractivity contribution in [1.82, 2.24) is 0 Å². The molecule has 0 saturated heterocycles. The highest BCUT2D eigenvalue weighted by molar-refractivity contribution is 6.36. The van der Waals surface area contributed by atoms with Gasteiger partial charge >= 0.3 is 0 Å². The van der Waals surface area contributed by atoms with Gasteiger partial charge in [0.25, 0.3) is 0 Å². The van der Waals surface area contributed by atoms with Crippen molar-refractivity contribution in [3.63, 3.8) is 0 Å². The van der Waals surface area contributed by atoms with Gasteiger partial charge < -0.3 is 9.84 Å². The fourth-order valence-corrected chi connectivity index (χ4v) is 2.46. The first-order valence-electron chi connectivity index (χ1n) is 6.02. The van der Waals surface area contributed by atoms with Crippen molar-refractivity contribution >= 4 is 34.8 Å². The van der Waals surface area contributed by atoms with Crippen LogP contribution in [0.15, 0.2) is 36.4 Å². The molecule has 2 aromatic carbocycles. The Kier molecular flexibility index (Phi) is 5.17. The molecule has 2 aromatic rings. The van der Waals surface area contributed by atoms with E-state index in [9.17, 15) is 5.11 Å². The SMILES string of the molecule is CC(O)c1ccc(OCc2c(Cl)cccc2Cl)c(Cl)c1. The lowest BCUT2D eigenvalue weighted by Crippen LogP contribution is -1.99. The Hall–Kier alpha value is -0.930. The van der Waals surface area contributed by atoms with Crippen molar-refractivity contribution in [1.29, 1.82) is 0 Å². The molecule has 2 rings (SSSR count). The molecular weight excluding hydrogens is 319 g/mol. The lowest BCUT2D eigenvalue weighted by Gasteiger charge is -2.12. The second-order valence-electron chi connectivity index (χ2n) is 4.35. The molecule has 0 bridgehead atoms. The summed E-state index contributed by atoms with van der Waals surface area (Å²) < 4.78 is 5.64. The van der Waals surface area contributed by atoms with Crippen molar-refractivity contribution in [2.75, 3.05) is 0 Å². The molecule has 0 amide bonds. The predicted octanol–water partition coefficient (Wildman–Crippen LogP) is 5.28. The maximum absolute atomic E-state index is 9.49. The van der Waals surface area contributed by atoms with E-state index in [1.807, 2.05) is 0 Å². The average Bonchev–Trinajstić information content (AvgIpc) is 2.39. The fourth-order valence-electron chi connectivity index (χ4n) is 1.71. The summed E-state index contributed by atoms with van der Waals surface area (Å²) >= 11 is 18.3. The molecule has 0 saturated carbocycles. The summed E-state index contributed by atoms with van der Waals surface area (Å²) in [4.78, 5) is 0. The molecule has 0 aliphatic rings. The average molecular weight is 332 g/mol. The minimum absolute atomic E-state index is 0.228. The Morgan fingerprint density at radius 3 is 2.25 bits per heavy atom. The van der Waals surface area contributed by atoms with Crippen LogP contribution in [0.4, 0.5) is 0 Å². The second kappa shape index (κ2) is 6.68. The lowest BCUT2D eigenvalue weighted by molar-refractivity contribution is 0.199. The molecule has 5 heteroatoms. The van der Waals surface area contributed by atoms with Crippen LogP contribution < -0.4 is 4.74 Å². The predicted molar refractivity (Wildman–Crippen MR) is 82.9 cm³/mol. The van der Waals surface area contributed by atoms with Gasteiger partial charge in [-0.2, -0.15) is 0 Å². The maximum atomic E-state index is 9.49. The molecule has 1 unspecified atom stereocenters. The Morgan fingerprint density at radius 1 is 1.05 bits per heavy atom. The number of aliphatic hydroxyl groups excluding tert-OH is 1. The smallest absolute Gasteiger partial charge is 0.138 e. The Labute approximate surface area is 132 Å². The lowest BCUT2D eigenvalue weighted by atomic mass is 10.1. The summed E-state index contributed by atoms with van der Waals surface area (Å²) in [6.07, 6.45) is -0.570. The Bertz CT molecular complexity index is 592. The van der Waals surface area contributed by atoms with E-state index in [2.05, 4.69) is 0 Å². The molecule has 1 atom stereocenters. The molecule has 0 aliphatic carbocycles. The van der Waals surface area contributed by atoms with Crippen molar-refractivity contribution < 1.29 is 9.84 Å². The number of halogens is 3. The van der Waals surface area contributed by atoms with Crippen LogP contribution in [0.5, 0.6) is 5.75 Å². The van der Waals surface area contributed by atoms with E-state index in [-0.39, 0.29) is 6.61 Å². The van der Waals surface area contributed by atoms with Crippen LogP contribution >= 0.6 is 34.8 Å². The molecule has 0 aromatic heterocycles. The van der Waals surface area contributed by atoms with E-state index in [1.54, 1.807) is 43.3 Å².